The van der Waals surface area contributed by atoms with Crippen molar-refractivity contribution in [3.63, 3.8) is 0 Å². The van der Waals surface area contributed by atoms with Crippen LogP contribution in [0.1, 0.15) is 21.7 Å². The van der Waals surface area contributed by atoms with Crippen LogP contribution in [-0.2, 0) is 6.42 Å². The van der Waals surface area contributed by atoms with Gasteiger partial charge in [0.1, 0.15) is 11.4 Å². The Balaban J connectivity index is 1.61. The van der Waals surface area contributed by atoms with Crippen molar-refractivity contribution >= 4 is 16.9 Å². The van der Waals surface area contributed by atoms with Crippen LogP contribution in [0.5, 0.6) is 0 Å². The highest BCUT2D eigenvalue weighted by molar-refractivity contribution is 5.96. The molecule has 2 N–H and O–H groups in total. The van der Waals surface area contributed by atoms with Gasteiger partial charge in [0.15, 0.2) is 5.76 Å². The third-order valence-electron chi connectivity index (χ3n) is 4.16. The summed E-state index contributed by atoms with van der Waals surface area (Å²) >= 11 is 0. The van der Waals surface area contributed by atoms with Gasteiger partial charge in [-0.25, -0.2) is 4.39 Å². The molecular formula is C20H20FNO3. The number of nitrogens with one attached hydrogen (secondary N) is 1. The maximum atomic E-state index is 13.2. The number of halogens is 1. The molecule has 0 fully saturated rings. The molecule has 0 aliphatic rings. The molecule has 0 bridgehead atoms. The molecule has 1 aromatic heterocycles. The van der Waals surface area contributed by atoms with E-state index in [4.69, 9.17) is 4.42 Å². The van der Waals surface area contributed by atoms with Gasteiger partial charge in [-0.3, -0.25) is 4.79 Å². The number of carbonyl (C=O) groups excluding carboxylic acids is 1. The Labute approximate surface area is 145 Å². The van der Waals surface area contributed by atoms with E-state index in [0.29, 0.717) is 23.9 Å². The van der Waals surface area contributed by atoms with Crippen LogP contribution >= 0.6 is 0 Å². The summed E-state index contributed by atoms with van der Waals surface area (Å²) in [5.41, 5.74) is 2.75. The summed E-state index contributed by atoms with van der Waals surface area (Å²) < 4.78 is 18.6. The molecule has 25 heavy (non-hydrogen) atoms. The van der Waals surface area contributed by atoms with Crippen molar-refractivity contribution in [3.8, 4) is 0 Å². The molecule has 0 saturated heterocycles. The first-order valence-electron chi connectivity index (χ1n) is 8.19. The molecule has 0 unspecified atom stereocenters. The number of aryl methyl sites for hydroxylation is 1. The molecule has 1 amide bonds. The third kappa shape index (κ3) is 4.25. The second-order valence-electron chi connectivity index (χ2n) is 6.24. The molecule has 130 valence electrons. The maximum Gasteiger partial charge on any atom is 0.287 e. The van der Waals surface area contributed by atoms with Crippen LogP contribution in [0.4, 0.5) is 4.39 Å². The van der Waals surface area contributed by atoms with Gasteiger partial charge in [0.05, 0.1) is 0 Å². The zero-order chi connectivity index (χ0) is 17.8. The fraction of sp³-hybridized carbons (Fsp3) is 0.250. The molecule has 5 heteroatoms. The highest BCUT2D eigenvalue weighted by atomic mass is 19.1. The van der Waals surface area contributed by atoms with Crippen LogP contribution in [0.2, 0.25) is 0 Å². The second-order valence-corrected chi connectivity index (χ2v) is 6.24. The number of furan rings is 1. The van der Waals surface area contributed by atoms with Crippen LogP contribution in [0.25, 0.3) is 11.0 Å². The van der Waals surface area contributed by atoms with E-state index in [1.807, 2.05) is 31.2 Å². The monoisotopic (exact) mass is 341 g/mol. The van der Waals surface area contributed by atoms with Crippen LogP contribution in [0.15, 0.2) is 52.9 Å². The highest BCUT2D eigenvalue weighted by Crippen LogP contribution is 2.20. The van der Waals surface area contributed by atoms with Crippen LogP contribution in [-0.4, -0.2) is 24.2 Å². The largest absolute Gasteiger partial charge is 0.451 e. The number of fused-ring (bicyclic) bond motifs is 1. The lowest BCUT2D eigenvalue weighted by Gasteiger charge is -2.14. The van der Waals surface area contributed by atoms with Crippen LogP contribution in [0, 0.1) is 18.7 Å². The number of aliphatic hydroxyl groups excluding tert-OH is 1. The Kier molecular flexibility index (Phi) is 5.14. The quantitative estimate of drug-likeness (QED) is 0.722. The van der Waals surface area contributed by atoms with Gasteiger partial charge in [-0.1, -0.05) is 29.8 Å². The van der Waals surface area contributed by atoms with Crippen molar-refractivity contribution < 1.29 is 18.7 Å². The summed E-state index contributed by atoms with van der Waals surface area (Å²) in [5.74, 6) is -0.709. The van der Waals surface area contributed by atoms with Crippen molar-refractivity contribution in [1.29, 1.82) is 0 Å². The first-order chi connectivity index (χ1) is 12.0. The summed E-state index contributed by atoms with van der Waals surface area (Å²) in [5, 5.41) is 12.9. The fourth-order valence-corrected chi connectivity index (χ4v) is 2.71. The fourth-order valence-electron chi connectivity index (χ4n) is 2.71. The van der Waals surface area contributed by atoms with Crippen molar-refractivity contribution in [2.45, 2.75) is 13.3 Å². The molecule has 3 aromatic rings. The predicted molar refractivity (Wildman–Crippen MR) is 94.0 cm³/mol. The number of rotatable bonds is 6. The van der Waals surface area contributed by atoms with Crippen LogP contribution in [0.3, 0.4) is 0 Å². The standard InChI is InChI=1S/C20H20FNO3/c1-13-2-4-14(5-3-13)8-15(12-23)11-22-20(24)19-10-16-9-17(21)6-7-18(16)25-19/h2-7,9-10,15,23H,8,11-12H2,1H3,(H,22,24)/t15-/m1/s1. The zero-order valence-corrected chi connectivity index (χ0v) is 14.0. The van der Waals surface area contributed by atoms with Crippen molar-refractivity contribution in [2.24, 2.45) is 5.92 Å². The van der Waals surface area contributed by atoms with E-state index in [-0.39, 0.29) is 30.0 Å². The van der Waals surface area contributed by atoms with Gasteiger partial charge in [-0.15, -0.1) is 0 Å². The van der Waals surface area contributed by atoms with Gasteiger partial charge in [0, 0.05) is 24.5 Å². The Morgan fingerprint density at radius 2 is 1.96 bits per heavy atom. The second kappa shape index (κ2) is 7.49. The minimum Gasteiger partial charge on any atom is -0.451 e. The molecule has 1 atom stereocenters. The summed E-state index contributed by atoms with van der Waals surface area (Å²) in [6.45, 7) is 2.32. The van der Waals surface area contributed by atoms with E-state index in [2.05, 4.69) is 5.32 Å². The molecule has 0 aliphatic carbocycles. The summed E-state index contributed by atoms with van der Waals surface area (Å²) in [6.07, 6.45) is 0.669. The first-order valence-corrected chi connectivity index (χ1v) is 8.19. The SMILES string of the molecule is Cc1ccc(C[C@@H](CO)CNC(=O)c2cc3cc(F)ccc3o2)cc1. The Hall–Kier alpha value is -2.66. The highest BCUT2D eigenvalue weighted by Gasteiger charge is 2.15. The number of aliphatic hydroxyl groups is 1. The van der Waals surface area contributed by atoms with Crippen molar-refractivity contribution in [3.05, 3.63) is 71.2 Å². The molecule has 2 aromatic carbocycles. The van der Waals surface area contributed by atoms with Crippen molar-refractivity contribution in [1.82, 2.24) is 5.32 Å². The molecule has 3 rings (SSSR count). The number of benzene rings is 2. The van der Waals surface area contributed by atoms with Crippen LogP contribution < -0.4 is 5.32 Å². The average Bonchev–Trinajstić information content (AvgIpc) is 3.03. The maximum absolute atomic E-state index is 13.2. The molecule has 0 radical (unpaired) electrons. The van der Waals surface area contributed by atoms with E-state index in [1.165, 1.54) is 29.8 Å². The molecule has 0 spiro atoms. The topological polar surface area (TPSA) is 62.5 Å². The van der Waals surface area contributed by atoms with Gasteiger partial charge in [0.2, 0.25) is 0 Å². The third-order valence-corrected chi connectivity index (χ3v) is 4.16. The normalized spacial score (nSPS) is 12.3. The number of amides is 1. The first kappa shape index (κ1) is 17.2. The van der Waals surface area contributed by atoms with Gasteiger partial charge < -0.3 is 14.8 Å². The Bertz CT molecular complexity index is 870. The molecule has 4 nitrogen and oxygen atoms in total. The minimum atomic E-state index is -0.376. The van der Waals surface area contributed by atoms with Crippen molar-refractivity contribution in [2.75, 3.05) is 13.2 Å². The molecule has 0 saturated carbocycles. The van der Waals surface area contributed by atoms with Gasteiger partial charge >= 0.3 is 0 Å². The van der Waals surface area contributed by atoms with E-state index in [1.54, 1.807) is 0 Å². The minimum absolute atomic E-state index is 0.0283. The molecule has 1 heterocycles. The number of hydrogen-bond donors (Lipinski definition) is 2. The average molecular weight is 341 g/mol. The predicted octanol–water partition coefficient (Wildman–Crippen LogP) is 3.46. The lowest BCUT2D eigenvalue weighted by Crippen LogP contribution is -2.31. The Morgan fingerprint density at radius 3 is 2.68 bits per heavy atom. The lowest BCUT2D eigenvalue weighted by atomic mass is 9.99. The summed E-state index contributed by atoms with van der Waals surface area (Å²) in [7, 11) is 0. The molecule has 0 aliphatic heterocycles. The summed E-state index contributed by atoms with van der Waals surface area (Å²) in [4.78, 5) is 12.2. The zero-order valence-electron chi connectivity index (χ0n) is 14.0. The van der Waals surface area contributed by atoms with E-state index < -0.39 is 0 Å². The number of carbonyl (C=O) groups is 1. The Morgan fingerprint density at radius 1 is 1.20 bits per heavy atom. The summed E-state index contributed by atoms with van der Waals surface area (Å²) in [6, 6.07) is 13.7. The van der Waals surface area contributed by atoms with Gasteiger partial charge in [-0.2, -0.15) is 0 Å². The van der Waals surface area contributed by atoms with E-state index >= 15 is 0 Å². The lowest BCUT2D eigenvalue weighted by molar-refractivity contribution is 0.0914. The molecular weight excluding hydrogens is 321 g/mol. The van der Waals surface area contributed by atoms with Gasteiger partial charge in [0.25, 0.3) is 5.91 Å². The van der Waals surface area contributed by atoms with Gasteiger partial charge in [-0.05, 0) is 43.2 Å². The van der Waals surface area contributed by atoms with E-state index in [9.17, 15) is 14.3 Å². The van der Waals surface area contributed by atoms with E-state index in [0.717, 1.165) is 5.56 Å². The number of hydrogen-bond acceptors (Lipinski definition) is 3. The smallest absolute Gasteiger partial charge is 0.287 e.